The second-order valence-corrected chi connectivity index (χ2v) is 7.49. The first kappa shape index (κ1) is 18.5. The average molecular weight is 370 g/mol. The lowest BCUT2D eigenvalue weighted by Crippen LogP contribution is -2.42. The molecule has 1 amide bonds. The number of benzene rings is 2. The van der Waals surface area contributed by atoms with E-state index in [9.17, 15) is 14.7 Å². The highest BCUT2D eigenvalue weighted by atomic mass is 32.2. The van der Waals surface area contributed by atoms with Crippen LogP contribution in [0.1, 0.15) is 12.8 Å². The molecule has 0 spiro atoms. The molecule has 5 nitrogen and oxygen atoms in total. The van der Waals surface area contributed by atoms with Crippen LogP contribution in [0.5, 0.6) is 0 Å². The number of piperidine rings is 1. The molecule has 2 aromatic rings. The predicted octanol–water partition coefficient (Wildman–Crippen LogP) is 3.57. The zero-order valence-electron chi connectivity index (χ0n) is 14.4. The summed E-state index contributed by atoms with van der Waals surface area (Å²) in [5.41, 5.74) is 0.776. The number of nitrogens with one attached hydrogen (secondary N) is 1. The van der Waals surface area contributed by atoms with Gasteiger partial charge in [-0.2, -0.15) is 0 Å². The molecule has 26 heavy (non-hydrogen) atoms. The van der Waals surface area contributed by atoms with Gasteiger partial charge in [0.05, 0.1) is 18.2 Å². The minimum atomic E-state index is -0.778. The zero-order valence-corrected chi connectivity index (χ0v) is 15.2. The van der Waals surface area contributed by atoms with Crippen LogP contribution in [0.2, 0.25) is 0 Å². The fourth-order valence-electron chi connectivity index (χ4n) is 3.07. The number of para-hydroxylation sites is 1. The van der Waals surface area contributed by atoms with E-state index in [2.05, 4.69) is 5.32 Å². The van der Waals surface area contributed by atoms with Crippen molar-refractivity contribution < 1.29 is 14.7 Å². The Morgan fingerprint density at radius 1 is 1.12 bits per heavy atom. The minimum Gasteiger partial charge on any atom is -0.481 e. The Hall–Kier alpha value is -2.31. The summed E-state index contributed by atoms with van der Waals surface area (Å²) in [5.74, 6) is -1.27. The molecule has 1 saturated heterocycles. The molecule has 1 fully saturated rings. The number of likely N-dealkylation sites (tertiary alicyclic amines) is 1. The van der Waals surface area contributed by atoms with Crippen LogP contribution in [0.25, 0.3) is 0 Å². The zero-order chi connectivity index (χ0) is 18.4. The number of rotatable bonds is 6. The van der Waals surface area contributed by atoms with Gasteiger partial charge in [-0.1, -0.05) is 42.1 Å². The summed E-state index contributed by atoms with van der Waals surface area (Å²) in [5, 5.41) is 12.1. The van der Waals surface area contributed by atoms with Gasteiger partial charge in [-0.15, -0.1) is 0 Å². The first-order chi connectivity index (χ1) is 12.6. The summed E-state index contributed by atoms with van der Waals surface area (Å²) >= 11 is 1.60. The maximum absolute atomic E-state index is 12.5. The molecule has 2 N–H and O–H groups in total. The second kappa shape index (κ2) is 8.87. The van der Waals surface area contributed by atoms with E-state index in [-0.39, 0.29) is 18.4 Å². The first-order valence-electron chi connectivity index (χ1n) is 8.69. The monoisotopic (exact) mass is 370 g/mol. The van der Waals surface area contributed by atoms with Gasteiger partial charge in [-0.3, -0.25) is 14.5 Å². The number of anilines is 1. The van der Waals surface area contributed by atoms with E-state index in [0.29, 0.717) is 13.0 Å². The lowest BCUT2D eigenvalue weighted by atomic mass is 9.98. The topological polar surface area (TPSA) is 69.6 Å². The van der Waals surface area contributed by atoms with Gasteiger partial charge in [0.25, 0.3) is 0 Å². The van der Waals surface area contributed by atoms with Gasteiger partial charge in [0, 0.05) is 16.3 Å². The van der Waals surface area contributed by atoms with Crippen molar-refractivity contribution in [2.75, 3.05) is 25.0 Å². The molecule has 3 rings (SSSR count). The number of hydrogen-bond donors (Lipinski definition) is 2. The van der Waals surface area contributed by atoms with Crippen LogP contribution in [0.4, 0.5) is 5.69 Å². The molecule has 0 aliphatic carbocycles. The number of carbonyl (C=O) groups is 2. The lowest BCUT2D eigenvalue weighted by molar-refractivity contribution is -0.144. The number of amides is 1. The predicted molar refractivity (Wildman–Crippen MR) is 102 cm³/mol. The molecule has 0 saturated carbocycles. The van der Waals surface area contributed by atoms with E-state index < -0.39 is 5.97 Å². The third-order valence-electron chi connectivity index (χ3n) is 4.35. The average Bonchev–Trinajstić information content (AvgIpc) is 2.64. The molecule has 6 heteroatoms. The fourth-order valence-corrected chi connectivity index (χ4v) is 3.99. The maximum Gasteiger partial charge on any atom is 0.307 e. The highest BCUT2D eigenvalue weighted by molar-refractivity contribution is 7.99. The molecule has 1 heterocycles. The van der Waals surface area contributed by atoms with Gasteiger partial charge in [-0.05, 0) is 43.7 Å². The molecule has 0 radical (unpaired) electrons. The van der Waals surface area contributed by atoms with E-state index in [4.69, 9.17) is 0 Å². The molecular weight excluding hydrogens is 348 g/mol. The summed E-state index contributed by atoms with van der Waals surface area (Å²) < 4.78 is 0. The quantitative estimate of drug-likeness (QED) is 0.813. The van der Waals surface area contributed by atoms with Crippen molar-refractivity contribution in [2.24, 2.45) is 5.92 Å². The van der Waals surface area contributed by atoms with Crippen molar-refractivity contribution in [3.63, 3.8) is 0 Å². The number of hydrogen-bond acceptors (Lipinski definition) is 4. The van der Waals surface area contributed by atoms with Crippen molar-refractivity contribution in [1.29, 1.82) is 0 Å². The summed E-state index contributed by atoms with van der Waals surface area (Å²) in [6.07, 6.45) is 1.49. The maximum atomic E-state index is 12.5. The lowest BCUT2D eigenvalue weighted by Gasteiger charge is -2.30. The third-order valence-corrected chi connectivity index (χ3v) is 5.44. The Morgan fingerprint density at radius 3 is 2.62 bits per heavy atom. The van der Waals surface area contributed by atoms with E-state index in [1.165, 1.54) is 0 Å². The van der Waals surface area contributed by atoms with Gasteiger partial charge in [0.2, 0.25) is 5.91 Å². The number of carboxylic acids is 1. The van der Waals surface area contributed by atoms with Gasteiger partial charge >= 0.3 is 5.97 Å². The van der Waals surface area contributed by atoms with Gasteiger partial charge in [0.15, 0.2) is 0 Å². The van der Waals surface area contributed by atoms with Crippen molar-refractivity contribution in [2.45, 2.75) is 22.6 Å². The molecule has 136 valence electrons. The molecular formula is C20H22N2O3S. The van der Waals surface area contributed by atoms with Gasteiger partial charge in [0.1, 0.15) is 0 Å². The molecule has 1 atom stereocenters. The Bertz CT molecular complexity index is 767. The molecule has 1 unspecified atom stereocenters. The Morgan fingerprint density at radius 2 is 1.85 bits per heavy atom. The summed E-state index contributed by atoms with van der Waals surface area (Å²) in [7, 11) is 0. The van der Waals surface area contributed by atoms with E-state index >= 15 is 0 Å². The van der Waals surface area contributed by atoms with Gasteiger partial charge in [-0.25, -0.2) is 0 Å². The highest BCUT2D eigenvalue weighted by Crippen LogP contribution is 2.33. The normalized spacial score (nSPS) is 17.6. The summed E-state index contributed by atoms with van der Waals surface area (Å²) in [6.45, 7) is 1.41. The molecule has 0 aromatic heterocycles. The molecule has 0 bridgehead atoms. The minimum absolute atomic E-state index is 0.114. The second-order valence-electron chi connectivity index (χ2n) is 6.37. The van der Waals surface area contributed by atoms with Crippen molar-refractivity contribution in [3.05, 3.63) is 54.6 Å². The number of carboxylic acid groups (broad SMARTS) is 1. The van der Waals surface area contributed by atoms with E-state index in [1.54, 1.807) is 11.8 Å². The smallest absolute Gasteiger partial charge is 0.307 e. The molecule has 1 aliphatic rings. The third kappa shape index (κ3) is 5.09. The van der Waals surface area contributed by atoms with Crippen LogP contribution in [-0.2, 0) is 9.59 Å². The van der Waals surface area contributed by atoms with Crippen LogP contribution in [0.3, 0.4) is 0 Å². The number of carbonyl (C=O) groups excluding carboxylic acids is 1. The van der Waals surface area contributed by atoms with Crippen molar-refractivity contribution in [3.8, 4) is 0 Å². The number of nitrogens with zero attached hydrogens (tertiary/aromatic N) is 1. The molecule has 1 aliphatic heterocycles. The standard InChI is InChI=1S/C20H22N2O3S/c23-19(14-22-12-6-7-15(13-22)20(24)25)21-17-10-4-5-11-18(17)26-16-8-2-1-3-9-16/h1-5,8-11,15H,6-7,12-14H2,(H,21,23)(H,24,25). The van der Waals surface area contributed by atoms with Crippen LogP contribution >= 0.6 is 11.8 Å². The van der Waals surface area contributed by atoms with Gasteiger partial charge < -0.3 is 10.4 Å². The Labute approximate surface area is 157 Å². The largest absolute Gasteiger partial charge is 0.481 e. The Balaban J connectivity index is 1.62. The van der Waals surface area contributed by atoms with Crippen LogP contribution in [0, 0.1) is 5.92 Å². The first-order valence-corrected chi connectivity index (χ1v) is 9.50. The number of aliphatic carboxylic acids is 1. The Kier molecular flexibility index (Phi) is 6.30. The van der Waals surface area contributed by atoms with Crippen LogP contribution < -0.4 is 5.32 Å². The van der Waals surface area contributed by atoms with Crippen molar-refractivity contribution >= 4 is 29.3 Å². The van der Waals surface area contributed by atoms with Crippen LogP contribution in [0.15, 0.2) is 64.4 Å². The van der Waals surface area contributed by atoms with E-state index in [1.807, 2.05) is 59.5 Å². The summed E-state index contributed by atoms with van der Waals surface area (Å²) in [4.78, 5) is 27.6. The molecule has 2 aromatic carbocycles. The SMILES string of the molecule is O=C(CN1CCCC(C(=O)O)C1)Nc1ccccc1Sc1ccccc1. The fraction of sp³-hybridized carbons (Fsp3) is 0.300. The highest BCUT2D eigenvalue weighted by Gasteiger charge is 2.26. The summed E-state index contributed by atoms with van der Waals surface area (Å²) in [6, 6.07) is 17.7. The van der Waals surface area contributed by atoms with E-state index in [0.717, 1.165) is 28.4 Å². The van der Waals surface area contributed by atoms with Crippen molar-refractivity contribution in [1.82, 2.24) is 4.90 Å². The van der Waals surface area contributed by atoms with Crippen LogP contribution in [-0.4, -0.2) is 41.5 Å².